The first-order valence-electron chi connectivity index (χ1n) is 11.2. The number of rotatable bonds is 8. The van der Waals surface area contributed by atoms with Gasteiger partial charge in [-0.2, -0.15) is 0 Å². The third-order valence-electron chi connectivity index (χ3n) is 6.54. The van der Waals surface area contributed by atoms with Crippen LogP contribution in [0.25, 0.3) is 0 Å². The highest BCUT2D eigenvalue weighted by Crippen LogP contribution is 2.31. The Morgan fingerprint density at radius 2 is 0.943 bits per heavy atom. The Hall–Kier alpha value is -0.640. The summed E-state index contributed by atoms with van der Waals surface area (Å²) in [5, 5.41) is 70.4. The molecule has 206 valence electrons. The van der Waals surface area contributed by atoms with Crippen LogP contribution in [0.15, 0.2) is 0 Å². The molecule has 3 aliphatic heterocycles. The van der Waals surface area contributed by atoms with Gasteiger partial charge < -0.3 is 81.4 Å². The molecule has 3 fully saturated rings. The summed E-state index contributed by atoms with van der Waals surface area (Å²) in [6, 6.07) is -3.59. The lowest BCUT2D eigenvalue weighted by Gasteiger charge is -2.48. The van der Waals surface area contributed by atoms with Crippen molar-refractivity contribution in [3.05, 3.63) is 0 Å². The van der Waals surface area contributed by atoms with E-state index in [0.29, 0.717) is 0 Å². The van der Waals surface area contributed by atoms with Gasteiger partial charge in [0.15, 0.2) is 18.9 Å². The topological polar surface area (TPSA) is 275 Å². The number of aliphatic hydroxyl groups excluding tert-OH is 7. The molecule has 3 saturated heterocycles. The Kier molecular flexibility index (Phi) is 10.1. The van der Waals surface area contributed by atoms with E-state index in [0.717, 1.165) is 0 Å². The molecule has 35 heavy (non-hydrogen) atoms. The van der Waals surface area contributed by atoms with Crippen LogP contribution in [0.4, 0.5) is 0 Å². The molecule has 0 spiro atoms. The van der Waals surface area contributed by atoms with Gasteiger partial charge >= 0.3 is 0 Å². The lowest BCUT2D eigenvalue weighted by molar-refractivity contribution is -0.349. The molecule has 15 atom stereocenters. The van der Waals surface area contributed by atoms with Crippen LogP contribution in [0.3, 0.4) is 0 Å². The van der Waals surface area contributed by atoms with Crippen molar-refractivity contribution < 1.29 is 64.2 Å². The second kappa shape index (κ2) is 12.3. The van der Waals surface area contributed by atoms with Crippen molar-refractivity contribution in [1.29, 1.82) is 0 Å². The molecule has 0 radical (unpaired) electrons. The average Bonchev–Trinajstić information content (AvgIpc) is 2.86. The van der Waals surface area contributed by atoms with Gasteiger partial charge in [-0.3, -0.25) is 0 Å². The molecule has 16 heteroatoms. The van der Waals surface area contributed by atoms with Gasteiger partial charge in [0.05, 0.1) is 37.9 Å². The summed E-state index contributed by atoms with van der Waals surface area (Å²) in [7, 11) is 1.32. The molecule has 3 rings (SSSR count). The average molecular weight is 516 g/mol. The number of ether oxygens (including phenoxy) is 6. The summed E-state index contributed by atoms with van der Waals surface area (Å²) in [6.07, 6.45) is -15.7. The van der Waals surface area contributed by atoms with E-state index in [-0.39, 0.29) is 0 Å². The van der Waals surface area contributed by atoms with E-state index in [1.165, 1.54) is 7.11 Å². The molecule has 0 aromatic carbocycles. The Balaban J connectivity index is 1.72. The molecule has 0 aromatic rings. The molecule has 0 saturated carbocycles. The normalized spacial score (nSPS) is 51.3. The van der Waals surface area contributed by atoms with Gasteiger partial charge in [-0.1, -0.05) is 0 Å². The largest absolute Gasteiger partial charge is 0.394 e. The van der Waals surface area contributed by atoms with Crippen LogP contribution in [0, 0.1) is 0 Å². The van der Waals surface area contributed by atoms with Crippen molar-refractivity contribution in [3.63, 3.8) is 0 Å². The van der Waals surface area contributed by atoms with Gasteiger partial charge in [0.25, 0.3) is 0 Å². The molecule has 13 N–H and O–H groups in total. The first kappa shape index (κ1) is 28.9. The minimum Gasteiger partial charge on any atom is -0.394 e. The third kappa shape index (κ3) is 5.78. The minimum atomic E-state index is -1.53. The van der Waals surface area contributed by atoms with Gasteiger partial charge in [-0.25, -0.2) is 0 Å². The van der Waals surface area contributed by atoms with Gasteiger partial charge in [0.1, 0.15) is 54.9 Å². The van der Waals surface area contributed by atoms with Crippen molar-refractivity contribution in [1.82, 2.24) is 0 Å². The van der Waals surface area contributed by atoms with Crippen LogP contribution in [-0.4, -0.2) is 155 Å². The van der Waals surface area contributed by atoms with Crippen molar-refractivity contribution in [2.45, 2.75) is 91.9 Å². The van der Waals surface area contributed by atoms with E-state index in [2.05, 4.69) is 0 Å². The highest BCUT2D eigenvalue weighted by atomic mass is 16.7. The van der Waals surface area contributed by atoms with E-state index in [4.69, 9.17) is 45.6 Å². The van der Waals surface area contributed by atoms with E-state index >= 15 is 0 Å². The fraction of sp³-hybridized carbons (Fsp3) is 1.00. The molecule has 0 aromatic heterocycles. The molecule has 16 nitrogen and oxygen atoms in total. The zero-order valence-electron chi connectivity index (χ0n) is 19.1. The predicted octanol–water partition coefficient (Wildman–Crippen LogP) is -7.02. The summed E-state index contributed by atoms with van der Waals surface area (Å²) >= 11 is 0. The quantitative estimate of drug-likeness (QED) is 0.144. The fourth-order valence-electron chi connectivity index (χ4n) is 4.38. The molecule has 3 heterocycles. The van der Waals surface area contributed by atoms with Crippen molar-refractivity contribution >= 4 is 0 Å². The minimum absolute atomic E-state index is 0.564. The Labute approximate surface area is 201 Å². The van der Waals surface area contributed by atoms with Crippen molar-refractivity contribution in [2.24, 2.45) is 17.2 Å². The number of hydrogen-bond acceptors (Lipinski definition) is 16. The van der Waals surface area contributed by atoms with Crippen molar-refractivity contribution in [3.8, 4) is 0 Å². The first-order valence-corrected chi connectivity index (χ1v) is 11.2. The summed E-state index contributed by atoms with van der Waals surface area (Å²) in [5.41, 5.74) is 17.9. The van der Waals surface area contributed by atoms with Gasteiger partial charge in [-0.15, -0.1) is 0 Å². The molecule has 0 bridgehead atoms. The van der Waals surface area contributed by atoms with E-state index in [9.17, 15) is 35.7 Å². The predicted molar refractivity (Wildman–Crippen MR) is 112 cm³/mol. The van der Waals surface area contributed by atoms with E-state index < -0.39 is 112 Å². The lowest BCUT2D eigenvalue weighted by Crippen LogP contribution is -2.69. The number of hydrogen-bond donors (Lipinski definition) is 10. The summed E-state index contributed by atoms with van der Waals surface area (Å²) in [4.78, 5) is 0. The number of nitrogens with two attached hydrogens (primary N) is 3. The number of methoxy groups -OCH3 is 1. The zero-order valence-corrected chi connectivity index (χ0v) is 19.1. The monoisotopic (exact) mass is 515 g/mol. The second-order valence-electron chi connectivity index (χ2n) is 8.81. The Morgan fingerprint density at radius 1 is 0.571 bits per heavy atom. The summed E-state index contributed by atoms with van der Waals surface area (Å²) < 4.78 is 33.1. The van der Waals surface area contributed by atoms with Gasteiger partial charge in [-0.05, 0) is 0 Å². The molecular formula is C19H37N3O13. The summed E-state index contributed by atoms with van der Waals surface area (Å²) in [6.45, 7) is -1.88. The smallest absolute Gasteiger partial charge is 0.176 e. The highest BCUT2D eigenvalue weighted by Gasteiger charge is 2.52. The molecule has 15 unspecified atom stereocenters. The molecular weight excluding hydrogens is 478 g/mol. The Morgan fingerprint density at radius 3 is 1.37 bits per heavy atom. The maximum absolute atomic E-state index is 10.9. The fourth-order valence-corrected chi connectivity index (χ4v) is 4.38. The third-order valence-corrected chi connectivity index (χ3v) is 6.54. The number of aliphatic hydroxyl groups is 7. The van der Waals surface area contributed by atoms with Crippen LogP contribution in [0.1, 0.15) is 0 Å². The molecule has 0 aliphatic carbocycles. The maximum Gasteiger partial charge on any atom is 0.176 e. The van der Waals surface area contributed by atoms with E-state index in [1.807, 2.05) is 0 Å². The second-order valence-corrected chi connectivity index (χ2v) is 8.81. The van der Waals surface area contributed by atoms with Crippen LogP contribution in [0.5, 0.6) is 0 Å². The summed E-state index contributed by atoms with van der Waals surface area (Å²) in [5.74, 6) is 0. The zero-order chi connectivity index (χ0) is 26.0. The van der Waals surface area contributed by atoms with Crippen LogP contribution >= 0.6 is 0 Å². The maximum atomic E-state index is 10.9. The lowest BCUT2D eigenvalue weighted by atomic mass is 9.94. The van der Waals surface area contributed by atoms with Crippen molar-refractivity contribution in [2.75, 3.05) is 26.9 Å². The van der Waals surface area contributed by atoms with Gasteiger partial charge in [0, 0.05) is 7.11 Å². The molecule has 3 aliphatic rings. The molecule has 0 amide bonds. The van der Waals surface area contributed by atoms with Crippen LogP contribution in [-0.2, 0) is 28.4 Å². The standard InChI is InChI=1S/C19H37N3O13/c1-30-17-9(21)13(28)15(6(3-24)32-17)35-19-10(22)14(29)16(7(4-25)33-19)34-18-8(20)12(27)11(26)5(2-23)31-18/h5-19,23-29H,2-4,20-22H2,1H3. The SMILES string of the molecule is COC1OC(CO)C(OC2OC(CO)C(OC3OC(CO)C(O)C(O)C3N)C(O)C2N)C(O)C1N. The van der Waals surface area contributed by atoms with Gasteiger partial charge in [0.2, 0.25) is 0 Å². The first-order chi connectivity index (χ1) is 16.6. The van der Waals surface area contributed by atoms with E-state index in [1.54, 1.807) is 0 Å². The highest BCUT2D eigenvalue weighted by molar-refractivity contribution is 4.98. The van der Waals surface area contributed by atoms with Crippen LogP contribution < -0.4 is 17.2 Å². The van der Waals surface area contributed by atoms with Crippen LogP contribution in [0.2, 0.25) is 0 Å². The Bertz CT molecular complexity index is 661.